The first-order valence-electron chi connectivity index (χ1n) is 5.58. The standard InChI is InChI=1S/C13H15FN2O/c1-3-16-7-6-15-13(16)12(17)10-5-4-9(2)11(14)8-10/h4-8,12,17H,3H2,1-2H3. The molecule has 90 valence electrons. The summed E-state index contributed by atoms with van der Waals surface area (Å²) in [6.45, 7) is 4.38. The lowest BCUT2D eigenvalue weighted by atomic mass is 10.1. The van der Waals surface area contributed by atoms with Gasteiger partial charge in [-0.1, -0.05) is 12.1 Å². The molecule has 1 aromatic heterocycles. The fraction of sp³-hybridized carbons (Fsp3) is 0.308. The first-order chi connectivity index (χ1) is 8.13. The van der Waals surface area contributed by atoms with E-state index in [0.717, 1.165) is 6.54 Å². The van der Waals surface area contributed by atoms with Crippen molar-refractivity contribution in [2.75, 3.05) is 0 Å². The minimum atomic E-state index is -0.889. The molecule has 0 aliphatic heterocycles. The molecule has 1 unspecified atom stereocenters. The fourth-order valence-electron chi connectivity index (χ4n) is 1.76. The largest absolute Gasteiger partial charge is 0.380 e. The Labute approximate surface area is 99.5 Å². The Balaban J connectivity index is 2.36. The van der Waals surface area contributed by atoms with Gasteiger partial charge in [0.15, 0.2) is 0 Å². The van der Waals surface area contributed by atoms with Crippen molar-refractivity contribution in [2.24, 2.45) is 0 Å². The molecule has 0 aliphatic carbocycles. The van der Waals surface area contributed by atoms with Crippen molar-refractivity contribution < 1.29 is 9.50 Å². The summed E-state index contributed by atoms with van der Waals surface area (Å²) in [6.07, 6.45) is 2.54. The maximum Gasteiger partial charge on any atom is 0.142 e. The Hall–Kier alpha value is -1.68. The maximum absolute atomic E-state index is 13.4. The molecule has 2 aromatic rings. The predicted octanol–water partition coefficient (Wildman–Crippen LogP) is 2.43. The van der Waals surface area contributed by atoms with Crippen LogP contribution in [0.1, 0.15) is 30.0 Å². The zero-order valence-electron chi connectivity index (χ0n) is 9.89. The Bertz CT molecular complexity index is 522. The van der Waals surface area contributed by atoms with Crippen LogP contribution in [-0.2, 0) is 6.54 Å². The quantitative estimate of drug-likeness (QED) is 0.885. The third kappa shape index (κ3) is 2.22. The van der Waals surface area contributed by atoms with E-state index in [1.54, 1.807) is 31.5 Å². The molecule has 0 saturated heterocycles. The molecule has 0 amide bonds. The second kappa shape index (κ2) is 4.67. The third-order valence-corrected chi connectivity index (χ3v) is 2.84. The highest BCUT2D eigenvalue weighted by molar-refractivity contribution is 5.28. The van der Waals surface area contributed by atoms with Gasteiger partial charge in [0.1, 0.15) is 17.7 Å². The Morgan fingerprint density at radius 3 is 2.88 bits per heavy atom. The number of aliphatic hydroxyl groups excluding tert-OH is 1. The molecule has 1 heterocycles. The Kier molecular flexibility index (Phi) is 3.24. The summed E-state index contributed by atoms with van der Waals surface area (Å²) in [5.74, 6) is 0.229. The zero-order chi connectivity index (χ0) is 12.4. The molecule has 0 radical (unpaired) electrons. The first-order valence-corrected chi connectivity index (χ1v) is 5.58. The highest BCUT2D eigenvalue weighted by Crippen LogP contribution is 2.22. The number of hydrogen-bond donors (Lipinski definition) is 1. The summed E-state index contributed by atoms with van der Waals surface area (Å²) in [6, 6.07) is 4.74. The van der Waals surface area contributed by atoms with Gasteiger partial charge in [-0.2, -0.15) is 0 Å². The summed E-state index contributed by atoms with van der Waals surface area (Å²) in [4.78, 5) is 4.11. The van der Waals surface area contributed by atoms with Gasteiger partial charge in [-0.25, -0.2) is 9.37 Å². The molecule has 0 aliphatic rings. The van der Waals surface area contributed by atoms with Crippen LogP contribution in [-0.4, -0.2) is 14.7 Å². The topological polar surface area (TPSA) is 38.0 Å². The fourth-order valence-corrected chi connectivity index (χ4v) is 1.76. The van der Waals surface area contributed by atoms with Gasteiger partial charge >= 0.3 is 0 Å². The van der Waals surface area contributed by atoms with Gasteiger partial charge in [0, 0.05) is 18.9 Å². The smallest absolute Gasteiger partial charge is 0.142 e. The lowest BCUT2D eigenvalue weighted by molar-refractivity contribution is 0.204. The van der Waals surface area contributed by atoms with E-state index in [4.69, 9.17) is 0 Å². The molecule has 0 saturated carbocycles. The van der Waals surface area contributed by atoms with Crippen molar-refractivity contribution in [1.82, 2.24) is 9.55 Å². The van der Waals surface area contributed by atoms with E-state index in [-0.39, 0.29) is 5.82 Å². The van der Waals surface area contributed by atoms with Gasteiger partial charge in [0.2, 0.25) is 0 Å². The minimum Gasteiger partial charge on any atom is -0.380 e. The number of nitrogens with zero attached hydrogens (tertiary/aromatic N) is 2. The number of aliphatic hydroxyl groups is 1. The van der Waals surface area contributed by atoms with Crippen LogP contribution < -0.4 is 0 Å². The monoisotopic (exact) mass is 234 g/mol. The highest BCUT2D eigenvalue weighted by atomic mass is 19.1. The lowest BCUT2D eigenvalue weighted by Gasteiger charge is -2.13. The summed E-state index contributed by atoms with van der Waals surface area (Å²) in [5, 5.41) is 10.2. The molecule has 1 atom stereocenters. The Morgan fingerprint density at radius 2 is 2.24 bits per heavy atom. The molecular weight excluding hydrogens is 219 g/mol. The molecule has 0 bridgehead atoms. The minimum absolute atomic E-state index is 0.309. The number of halogens is 1. The van der Waals surface area contributed by atoms with Crippen LogP contribution in [0.2, 0.25) is 0 Å². The van der Waals surface area contributed by atoms with Gasteiger partial charge in [0.05, 0.1) is 0 Å². The van der Waals surface area contributed by atoms with E-state index in [1.807, 2.05) is 11.5 Å². The molecular formula is C13H15FN2O. The van der Waals surface area contributed by atoms with Crippen molar-refractivity contribution in [3.63, 3.8) is 0 Å². The summed E-state index contributed by atoms with van der Waals surface area (Å²) in [7, 11) is 0. The van der Waals surface area contributed by atoms with E-state index in [9.17, 15) is 9.50 Å². The van der Waals surface area contributed by atoms with Gasteiger partial charge < -0.3 is 9.67 Å². The van der Waals surface area contributed by atoms with Crippen molar-refractivity contribution in [1.29, 1.82) is 0 Å². The van der Waals surface area contributed by atoms with Gasteiger partial charge in [0.25, 0.3) is 0 Å². The zero-order valence-corrected chi connectivity index (χ0v) is 9.89. The number of imidazole rings is 1. The number of benzene rings is 1. The van der Waals surface area contributed by atoms with Crippen LogP contribution >= 0.6 is 0 Å². The van der Waals surface area contributed by atoms with E-state index in [0.29, 0.717) is 17.0 Å². The maximum atomic E-state index is 13.4. The third-order valence-electron chi connectivity index (χ3n) is 2.84. The number of aromatic nitrogens is 2. The van der Waals surface area contributed by atoms with Crippen molar-refractivity contribution >= 4 is 0 Å². The van der Waals surface area contributed by atoms with E-state index < -0.39 is 6.10 Å². The average Bonchev–Trinajstić information content (AvgIpc) is 2.80. The van der Waals surface area contributed by atoms with Crippen molar-refractivity contribution in [2.45, 2.75) is 26.5 Å². The molecule has 1 aromatic carbocycles. The molecule has 4 heteroatoms. The van der Waals surface area contributed by atoms with Crippen molar-refractivity contribution in [3.8, 4) is 0 Å². The van der Waals surface area contributed by atoms with Crippen LogP contribution in [0.3, 0.4) is 0 Å². The molecule has 0 fully saturated rings. The molecule has 0 spiro atoms. The van der Waals surface area contributed by atoms with Crippen LogP contribution in [0, 0.1) is 12.7 Å². The normalized spacial score (nSPS) is 12.7. The molecule has 3 nitrogen and oxygen atoms in total. The van der Waals surface area contributed by atoms with Crippen molar-refractivity contribution in [3.05, 3.63) is 53.4 Å². The lowest BCUT2D eigenvalue weighted by Crippen LogP contribution is -2.09. The second-order valence-corrected chi connectivity index (χ2v) is 3.98. The average molecular weight is 234 g/mol. The van der Waals surface area contributed by atoms with E-state index in [1.165, 1.54) is 6.07 Å². The van der Waals surface area contributed by atoms with Gasteiger partial charge in [-0.05, 0) is 31.0 Å². The summed E-state index contributed by atoms with van der Waals surface area (Å²) < 4.78 is 15.3. The van der Waals surface area contributed by atoms with Gasteiger partial charge in [-0.15, -0.1) is 0 Å². The van der Waals surface area contributed by atoms with Crippen LogP contribution in [0.5, 0.6) is 0 Å². The van der Waals surface area contributed by atoms with Gasteiger partial charge in [-0.3, -0.25) is 0 Å². The van der Waals surface area contributed by atoms with Crippen LogP contribution in [0.4, 0.5) is 4.39 Å². The van der Waals surface area contributed by atoms with Crippen LogP contribution in [0.25, 0.3) is 0 Å². The number of aryl methyl sites for hydroxylation is 2. The first kappa shape index (κ1) is 11.8. The van der Waals surface area contributed by atoms with E-state index in [2.05, 4.69) is 4.98 Å². The number of hydrogen-bond acceptors (Lipinski definition) is 2. The SMILES string of the molecule is CCn1ccnc1C(O)c1ccc(C)c(F)c1. The van der Waals surface area contributed by atoms with Crippen LogP contribution in [0.15, 0.2) is 30.6 Å². The highest BCUT2D eigenvalue weighted by Gasteiger charge is 2.16. The second-order valence-electron chi connectivity index (χ2n) is 3.98. The number of rotatable bonds is 3. The predicted molar refractivity (Wildman–Crippen MR) is 63.1 cm³/mol. The molecule has 2 rings (SSSR count). The van der Waals surface area contributed by atoms with E-state index >= 15 is 0 Å². The summed E-state index contributed by atoms with van der Waals surface area (Å²) in [5.41, 5.74) is 1.09. The Morgan fingerprint density at radius 1 is 1.47 bits per heavy atom. The molecule has 17 heavy (non-hydrogen) atoms. The summed E-state index contributed by atoms with van der Waals surface area (Å²) >= 11 is 0. The molecule has 1 N–H and O–H groups in total.